The number of alkyl halides is 2. The Bertz CT molecular complexity index is 704. The molecule has 3 aliphatic rings. The van der Waals surface area contributed by atoms with Crippen LogP contribution < -0.4 is 0 Å². The number of carbonyl (C=O) groups excluding carboxylic acids is 1. The summed E-state index contributed by atoms with van der Waals surface area (Å²) < 4.78 is 29.2. The molecule has 1 aromatic carbocycles. The lowest BCUT2D eigenvalue weighted by atomic mass is 9.49. The molecular weight excluding hydrogens is 314 g/mol. The van der Waals surface area contributed by atoms with Crippen LogP contribution in [-0.2, 0) is 16.6 Å². The first-order valence-electron chi connectivity index (χ1n) is 8.61. The van der Waals surface area contributed by atoms with Gasteiger partial charge in [-0.2, -0.15) is 0 Å². The molecule has 24 heavy (non-hydrogen) atoms. The Morgan fingerprint density at radius 2 is 2.00 bits per heavy atom. The molecular formula is C19H22F2O3. The number of fused-ring (bicyclic) bond motifs is 5. The first kappa shape index (κ1) is 16.0. The van der Waals surface area contributed by atoms with Gasteiger partial charge in [-0.3, -0.25) is 0 Å². The standard InChI is InChI=1S/C19H22F2O3/c1-17-6-7-18(10-22)13-5-3-12(23)8-11(13)2-4-14(18)15(17)9-16(24)19(17,20)21/h3,5,8,10,14-16,23-24H,2,4,6-7,9H2,1H3/t14-,15-,16+,17-,18-/m0/s1. The second kappa shape index (κ2) is 4.78. The molecule has 2 saturated carbocycles. The van der Waals surface area contributed by atoms with Crippen molar-refractivity contribution in [2.45, 2.75) is 56.5 Å². The van der Waals surface area contributed by atoms with Crippen LogP contribution in [0, 0.1) is 17.3 Å². The first-order chi connectivity index (χ1) is 11.3. The molecule has 5 atom stereocenters. The van der Waals surface area contributed by atoms with Crippen molar-refractivity contribution in [3.63, 3.8) is 0 Å². The van der Waals surface area contributed by atoms with Crippen molar-refractivity contribution in [3.05, 3.63) is 29.3 Å². The van der Waals surface area contributed by atoms with E-state index in [0.717, 1.165) is 17.4 Å². The van der Waals surface area contributed by atoms with Gasteiger partial charge in [0.25, 0.3) is 5.92 Å². The summed E-state index contributed by atoms with van der Waals surface area (Å²) in [5, 5.41) is 19.7. The molecule has 0 unspecified atom stereocenters. The predicted molar refractivity (Wildman–Crippen MR) is 84.1 cm³/mol. The third-order valence-corrected chi connectivity index (χ3v) is 7.21. The minimum Gasteiger partial charge on any atom is -0.508 e. The minimum atomic E-state index is -3.11. The van der Waals surface area contributed by atoms with E-state index < -0.39 is 22.9 Å². The number of rotatable bonds is 1. The Morgan fingerprint density at radius 1 is 1.25 bits per heavy atom. The van der Waals surface area contributed by atoms with E-state index in [1.165, 1.54) is 0 Å². The molecule has 0 amide bonds. The first-order valence-corrected chi connectivity index (χ1v) is 8.61. The zero-order valence-electron chi connectivity index (χ0n) is 13.6. The van der Waals surface area contributed by atoms with E-state index in [0.29, 0.717) is 19.3 Å². The Kier molecular flexibility index (Phi) is 3.19. The zero-order chi connectivity index (χ0) is 17.3. The molecule has 1 aromatic rings. The SMILES string of the molecule is C[C@]12CC[C@]3(C=O)c4ccc(O)cc4CC[C@H]3[C@@H]1C[C@@H](O)C2(F)F. The van der Waals surface area contributed by atoms with E-state index in [-0.39, 0.29) is 30.4 Å². The third kappa shape index (κ3) is 1.71. The molecule has 0 saturated heterocycles. The van der Waals surface area contributed by atoms with Crippen molar-refractivity contribution in [2.75, 3.05) is 0 Å². The number of carbonyl (C=O) groups is 1. The topological polar surface area (TPSA) is 57.5 Å². The molecule has 0 aromatic heterocycles. The van der Waals surface area contributed by atoms with Gasteiger partial charge in [-0.25, -0.2) is 8.78 Å². The smallest absolute Gasteiger partial charge is 0.278 e. The number of benzene rings is 1. The molecule has 2 N–H and O–H groups in total. The highest BCUT2D eigenvalue weighted by Crippen LogP contribution is 2.67. The van der Waals surface area contributed by atoms with Crippen molar-refractivity contribution in [3.8, 4) is 5.75 Å². The zero-order valence-corrected chi connectivity index (χ0v) is 13.6. The van der Waals surface area contributed by atoms with Crippen LogP contribution in [0.4, 0.5) is 8.78 Å². The number of phenols is 1. The fraction of sp³-hybridized carbons (Fsp3) is 0.632. The number of aliphatic hydroxyl groups excluding tert-OH is 1. The van der Waals surface area contributed by atoms with Crippen LogP contribution in [0.2, 0.25) is 0 Å². The van der Waals surface area contributed by atoms with Crippen LogP contribution in [0.15, 0.2) is 18.2 Å². The lowest BCUT2D eigenvalue weighted by Crippen LogP contribution is -2.55. The quantitative estimate of drug-likeness (QED) is 0.774. The third-order valence-electron chi connectivity index (χ3n) is 7.21. The molecule has 5 heteroatoms. The van der Waals surface area contributed by atoms with E-state index >= 15 is 0 Å². The number of hydrogen-bond acceptors (Lipinski definition) is 3. The van der Waals surface area contributed by atoms with Gasteiger partial charge in [0.05, 0.1) is 5.41 Å². The molecule has 130 valence electrons. The average Bonchev–Trinajstić information content (AvgIpc) is 2.73. The normalized spacial score (nSPS) is 42.8. The summed E-state index contributed by atoms with van der Waals surface area (Å²) >= 11 is 0. The van der Waals surface area contributed by atoms with Crippen LogP contribution >= 0.6 is 0 Å². The van der Waals surface area contributed by atoms with Gasteiger partial charge in [-0.15, -0.1) is 0 Å². The Labute approximate surface area is 139 Å². The van der Waals surface area contributed by atoms with Crippen molar-refractivity contribution in [2.24, 2.45) is 17.3 Å². The van der Waals surface area contributed by atoms with Gasteiger partial charge in [-0.1, -0.05) is 13.0 Å². The van der Waals surface area contributed by atoms with Crippen LogP contribution in [0.3, 0.4) is 0 Å². The van der Waals surface area contributed by atoms with E-state index in [2.05, 4.69) is 0 Å². The molecule has 0 bridgehead atoms. The summed E-state index contributed by atoms with van der Waals surface area (Å²) in [4.78, 5) is 12.2. The van der Waals surface area contributed by atoms with E-state index in [1.807, 2.05) is 0 Å². The van der Waals surface area contributed by atoms with Gasteiger partial charge in [0.1, 0.15) is 18.1 Å². The Morgan fingerprint density at radius 3 is 2.71 bits per heavy atom. The molecule has 2 fully saturated rings. The second-order valence-electron chi connectivity index (χ2n) is 8.04. The Balaban J connectivity index is 1.84. The molecule has 0 heterocycles. The van der Waals surface area contributed by atoms with Crippen molar-refractivity contribution in [1.82, 2.24) is 0 Å². The summed E-state index contributed by atoms with van der Waals surface area (Å²) in [5.74, 6) is -3.50. The highest BCUT2D eigenvalue weighted by molar-refractivity contribution is 5.72. The van der Waals surface area contributed by atoms with Gasteiger partial charge in [-0.05, 0) is 67.2 Å². The van der Waals surface area contributed by atoms with E-state index in [4.69, 9.17) is 0 Å². The van der Waals surface area contributed by atoms with Crippen LogP contribution in [0.1, 0.15) is 43.7 Å². The minimum absolute atomic E-state index is 0.0528. The lowest BCUT2D eigenvalue weighted by Gasteiger charge is -2.54. The predicted octanol–water partition coefficient (Wildman–Crippen LogP) is 3.21. The second-order valence-corrected chi connectivity index (χ2v) is 8.04. The van der Waals surface area contributed by atoms with Gasteiger partial charge in [0, 0.05) is 5.41 Å². The average molecular weight is 336 g/mol. The molecule has 0 radical (unpaired) electrons. The summed E-state index contributed by atoms with van der Waals surface area (Å²) in [5.41, 5.74) is -0.213. The molecule has 3 aliphatic carbocycles. The number of hydrogen-bond donors (Lipinski definition) is 2. The molecule has 0 spiro atoms. The Hall–Kier alpha value is -1.49. The molecule has 4 rings (SSSR count). The number of aliphatic hydroxyl groups is 1. The lowest BCUT2D eigenvalue weighted by molar-refractivity contribution is -0.178. The number of halogens is 2. The van der Waals surface area contributed by atoms with Crippen molar-refractivity contribution < 1.29 is 23.8 Å². The highest BCUT2D eigenvalue weighted by atomic mass is 19.3. The number of aldehydes is 1. The highest BCUT2D eigenvalue weighted by Gasteiger charge is 2.70. The molecule has 3 nitrogen and oxygen atoms in total. The maximum absolute atomic E-state index is 14.6. The van der Waals surface area contributed by atoms with Crippen LogP contribution in [0.25, 0.3) is 0 Å². The largest absolute Gasteiger partial charge is 0.508 e. The fourth-order valence-corrected chi connectivity index (χ4v) is 5.80. The number of aromatic hydroxyl groups is 1. The number of aryl methyl sites for hydroxylation is 1. The van der Waals surface area contributed by atoms with Crippen LogP contribution in [0.5, 0.6) is 5.75 Å². The maximum atomic E-state index is 14.6. The summed E-state index contributed by atoms with van der Waals surface area (Å²) in [6.07, 6.45) is 1.25. The fourth-order valence-electron chi connectivity index (χ4n) is 5.80. The summed E-state index contributed by atoms with van der Waals surface area (Å²) in [6.45, 7) is 1.58. The summed E-state index contributed by atoms with van der Waals surface area (Å²) in [7, 11) is 0. The molecule has 0 aliphatic heterocycles. The number of phenolic OH excluding ortho intramolecular Hbond substituents is 1. The van der Waals surface area contributed by atoms with E-state index in [9.17, 15) is 23.8 Å². The monoisotopic (exact) mass is 336 g/mol. The van der Waals surface area contributed by atoms with E-state index in [1.54, 1.807) is 25.1 Å². The van der Waals surface area contributed by atoms with Crippen molar-refractivity contribution in [1.29, 1.82) is 0 Å². The van der Waals surface area contributed by atoms with Gasteiger partial charge in [0.15, 0.2) is 0 Å². The maximum Gasteiger partial charge on any atom is 0.278 e. The van der Waals surface area contributed by atoms with Gasteiger partial charge in [0.2, 0.25) is 0 Å². The summed E-state index contributed by atoms with van der Waals surface area (Å²) in [6, 6.07) is 5.03. The van der Waals surface area contributed by atoms with Crippen molar-refractivity contribution >= 4 is 6.29 Å². The van der Waals surface area contributed by atoms with Gasteiger partial charge < -0.3 is 15.0 Å². The van der Waals surface area contributed by atoms with Crippen LogP contribution in [-0.4, -0.2) is 28.5 Å². The van der Waals surface area contributed by atoms with Gasteiger partial charge >= 0.3 is 0 Å².